The second kappa shape index (κ2) is 4.60. The van der Waals surface area contributed by atoms with Crippen LogP contribution in [0.5, 0.6) is 0 Å². The Morgan fingerprint density at radius 3 is 2.50 bits per heavy atom. The Labute approximate surface area is 85.7 Å². The number of hydrogen-bond acceptors (Lipinski definition) is 3. The van der Waals surface area contributed by atoms with E-state index >= 15 is 0 Å². The molecular formula is C11H20N2O. The third-order valence-electron chi connectivity index (χ3n) is 2.23. The second-order valence-electron chi connectivity index (χ2n) is 4.49. The summed E-state index contributed by atoms with van der Waals surface area (Å²) < 4.78 is 5.35. The fourth-order valence-electron chi connectivity index (χ4n) is 1.59. The minimum Gasteiger partial charge on any atom is -0.447 e. The van der Waals surface area contributed by atoms with Gasteiger partial charge in [0.1, 0.15) is 5.76 Å². The summed E-state index contributed by atoms with van der Waals surface area (Å²) in [4.78, 5) is 4.20. The third-order valence-corrected chi connectivity index (χ3v) is 2.23. The van der Waals surface area contributed by atoms with E-state index in [2.05, 4.69) is 32.7 Å². The average Bonchev–Trinajstić information content (AvgIpc) is 2.49. The van der Waals surface area contributed by atoms with Crippen molar-refractivity contribution in [2.45, 2.75) is 46.1 Å². The van der Waals surface area contributed by atoms with Crippen molar-refractivity contribution in [1.29, 1.82) is 0 Å². The van der Waals surface area contributed by atoms with Crippen LogP contribution in [0.4, 0.5) is 0 Å². The number of nitrogens with two attached hydrogens (primary N) is 1. The number of nitrogens with zero attached hydrogens (tertiary/aromatic N) is 1. The van der Waals surface area contributed by atoms with Crippen molar-refractivity contribution in [2.24, 2.45) is 11.7 Å². The van der Waals surface area contributed by atoms with Crippen molar-refractivity contribution in [2.75, 3.05) is 0 Å². The minimum absolute atomic E-state index is 0.0186. The highest BCUT2D eigenvalue weighted by molar-refractivity contribution is 5.15. The van der Waals surface area contributed by atoms with Crippen LogP contribution in [0, 0.1) is 5.92 Å². The van der Waals surface area contributed by atoms with Crippen molar-refractivity contribution in [1.82, 2.24) is 4.98 Å². The molecule has 2 N–H and O–H groups in total. The number of aromatic nitrogens is 1. The van der Waals surface area contributed by atoms with E-state index < -0.39 is 0 Å². The SMILES string of the molecule is CC(C)C[C@@H](N)c1ocnc1C(C)C. The molecule has 14 heavy (non-hydrogen) atoms. The Kier molecular flexibility index (Phi) is 3.69. The molecule has 0 aliphatic heterocycles. The average molecular weight is 196 g/mol. The van der Waals surface area contributed by atoms with E-state index in [1.54, 1.807) is 0 Å². The van der Waals surface area contributed by atoms with Crippen LogP contribution in [0.15, 0.2) is 10.8 Å². The van der Waals surface area contributed by atoms with Gasteiger partial charge in [0.2, 0.25) is 0 Å². The molecule has 3 nitrogen and oxygen atoms in total. The smallest absolute Gasteiger partial charge is 0.181 e. The van der Waals surface area contributed by atoms with E-state index in [9.17, 15) is 0 Å². The third kappa shape index (κ3) is 2.58. The van der Waals surface area contributed by atoms with Gasteiger partial charge < -0.3 is 10.2 Å². The highest BCUT2D eigenvalue weighted by Crippen LogP contribution is 2.26. The van der Waals surface area contributed by atoms with E-state index in [0.717, 1.165) is 17.9 Å². The molecule has 0 fully saturated rings. The Bertz CT molecular complexity index is 279. The molecule has 3 heteroatoms. The van der Waals surface area contributed by atoms with Gasteiger partial charge in [0, 0.05) is 0 Å². The number of hydrogen-bond donors (Lipinski definition) is 1. The lowest BCUT2D eigenvalue weighted by Crippen LogP contribution is -2.14. The lowest BCUT2D eigenvalue weighted by atomic mass is 9.98. The molecule has 1 rings (SSSR count). The first-order chi connectivity index (χ1) is 6.52. The Morgan fingerprint density at radius 2 is 2.00 bits per heavy atom. The Hall–Kier alpha value is -0.830. The van der Waals surface area contributed by atoms with Gasteiger partial charge in [-0.15, -0.1) is 0 Å². The molecule has 0 bridgehead atoms. The maximum Gasteiger partial charge on any atom is 0.181 e. The van der Waals surface area contributed by atoms with Crippen LogP contribution in [0.25, 0.3) is 0 Å². The number of oxazole rings is 1. The van der Waals surface area contributed by atoms with Gasteiger partial charge in [0.25, 0.3) is 0 Å². The zero-order valence-electron chi connectivity index (χ0n) is 9.45. The first kappa shape index (κ1) is 11.2. The van der Waals surface area contributed by atoms with Crippen LogP contribution < -0.4 is 5.73 Å². The Morgan fingerprint density at radius 1 is 1.36 bits per heavy atom. The van der Waals surface area contributed by atoms with Gasteiger partial charge in [-0.2, -0.15) is 0 Å². The van der Waals surface area contributed by atoms with Gasteiger partial charge in [-0.05, 0) is 18.3 Å². The lowest BCUT2D eigenvalue weighted by molar-refractivity contribution is 0.409. The Balaban J connectivity index is 2.78. The predicted molar refractivity (Wildman–Crippen MR) is 57.0 cm³/mol. The fraction of sp³-hybridized carbons (Fsp3) is 0.727. The topological polar surface area (TPSA) is 52.0 Å². The summed E-state index contributed by atoms with van der Waals surface area (Å²) in [5, 5.41) is 0. The van der Waals surface area contributed by atoms with Crippen molar-refractivity contribution < 1.29 is 4.42 Å². The van der Waals surface area contributed by atoms with Crippen LogP contribution in [0.1, 0.15) is 57.5 Å². The van der Waals surface area contributed by atoms with Crippen molar-refractivity contribution in [3.05, 3.63) is 17.8 Å². The zero-order chi connectivity index (χ0) is 10.7. The molecule has 1 heterocycles. The van der Waals surface area contributed by atoms with Crippen LogP contribution in [0.3, 0.4) is 0 Å². The highest BCUT2D eigenvalue weighted by Gasteiger charge is 2.19. The quantitative estimate of drug-likeness (QED) is 0.805. The van der Waals surface area contributed by atoms with Crippen LogP contribution in [-0.2, 0) is 0 Å². The predicted octanol–water partition coefficient (Wildman–Crippen LogP) is 2.84. The van der Waals surface area contributed by atoms with Crippen molar-refractivity contribution in [3.63, 3.8) is 0 Å². The number of rotatable bonds is 4. The minimum atomic E-state index is -0.0186. The van der Waals surface area contributed by atoms with E-state index in [1.807, 2.05) is 0 Å². The summed E-state index contributed by atoms with van der Waals surface area (Å²) in [5.74, 6) is 1.81. The lowest BCUT2D eigenvalue weighted by Gasteiger charge is -2.13. The van der Waals surface area contributed by atoms with E-state index in [1.165, 1.54) is 6.39 Å². The van der Waals surface area contributed by atoms with Gasteiger partial charge >= 0.3 is 0 Å². The molecule has 0 amide bonds. The molecule has 0 aliphatic rings. The summed E-state index contributed by atoms with van der Waals surface area (Å²) in [6, 6.07) is -0.0186. The molecule has 0 aromatic carbocycles. The molecule has 1 aromatic heterocycles. The molecule has 0 radical (unpaired) electrons. The zero-order valence-corrected chi connectivity index (χ0v) is 9.45. The van der Waals surface area contributed by atoms with E-state index in [-0.39, 0.29) is 6.04 Å². The van der Waals surface area contributed by atoms with Crippen molar-refractivity contribution >= 4 is 0 Å². The normalized spacial score (nSPS) is 13.9. The molecule has 80 valence electrons. The molecule has 0 saturated carbocycles. The van der Waals surface area contributed by atoms with Gasteiger partial charge in [-0.25, -0.2) is 4.98 Å². The van der Waals surface area contributed by atoms with Crippen molar-refractivity contribution in [3.8, 4) is 0 Å². The largest absolute Gasteiger partial charge is 0.447 e. The van der Waals surface area contributed by atoms with Gasteiger partial charge in [0.15, 0.2) is 6.39 Å². The summed E-state index contributed by atoms with van der Waals surface area (Å²) in [6.45, 7) is 8.52. The highest BCUT2D eigenvalue weighted by atomic mass is 16.3. The first-order valence-electron chi connectivity index (χ1n) is 5.21. The van der Waals surface area contributed by atoms with Gasteiger partial charge in [0.05, 0.1) is 11.7 Å². The van der Waals surface area contributed by atoms with E-state index in [4.69, 9.17) is 10.2 Å². The fourth-order valence-corrected chi connectivity index (χ4v) is 1.59. The van der Waals surface area contributed by atoms with Gasteiger partial charge in [-0.1, -0.05) is 27.7 Å². The molecule has 1 atom stereocenters. The molecule has 0 spiro atoms. The maximum absolute atomic E-state index is 6.05. The van der Waals surface area contributed by atoms with Gasteiger partial charge in [-0.3, -0.25) is 0 Å². The molecule has 0 unspecified atom stereocenters. The van der Waals surface area contributed by atoms with Crippen LogP contribution >= 0.6 is 0 Å². The standard InChI is InChI=1S/C11H20N2O/c1-7(2)5-9(12)11-10(8(3)4)13-6-14-11/h6-9H,5,12H2,1-4H3/t9-/m1/s1. The monoisotopic (exact) mass is 196 g/mol. The van der Waals surface area contributed by atoms with Crippen LogP contribution in [0.2, 0.25) is 0 Å². The van der Waals surface area contributed by atoms with E-state index in [0.29, 0.717) is 11.8 Å². The summed E-state index contributed by atoms with van der Waals surface area (Å²) in [5.41, 5.74) is 7.04. The summed E-state index contributed by atoms with van der Waals surface area (Å²) in [7, 11) is 0. The van der Waals surface area contributed by atoms with Crippen LogP contribution in [-0.4, -0.2) is 4.98 Å². The molecular weight excluding hydrogens is 176 g/mol. The molecule has 0 saturated heterocycles. The molecule has 1 aromatic rings. The summed E-state index contributed by atoms with van der Waals surface area (Å²) in [6.07, 6.45) is 2.43. The first-order valence-corrected chi connectivity index (χ1v) is 5.21. The summed E-state index contributed by atoms with van der Waals surface area (Å²) >= 11 is 0. The maximum atomic E-state index is 6.05. The molecule has 0 aliphatic carbocycles. The second-order valence-corrected chi connectivity index (χ2v) is 4.49.